The van der Waals surface area contributed by atoms with Crippen molar-refractivity contribution in [3.8, 4) is 5.75 Å². The summed E-state index contributed by atoms with van der Waals surface area (Å²) >= 11 is 0. The molecule has 0 aliphatic carbocycles. The van der Waals surface area contributed by atoms with Gasteiger partial charge in [-0.25, -0.2) is 0 Å². The Morgan fingerprint density at radius 3 is 2.29 bits per heavy atom. The van der Waals surface area contributed by atoms with Crippen molar-refractivity contribution in [2.45, 2.75) is 37.9 Å². The van der Waals surface area contributed by atoms with Gasteiger partial charge in [0.15, 0.2) is 0 Å². The van der Waals surface area contributed by atoms with Crippen LogP contribution in [-0.2, 0) is 6.54 Å². The second-order valence-electron chi connectivity index (χ2n) is 9.06. The van der Waals surface area contributed by atoms with Crippen LogP contribution >= 0.6 is 0 Å². The SMILES string of the molecule is COc1ccc(C)cc1CNC1C2CCN(C2)C1C(c1ccccc1)c1ccccc1. The molecule has 2 fully saturated rings. The summed E-state index contributed by atoms with van der Waals surface area (Å²) in [6, 6.07) is 29.5. The van der Waals surface area contributed by atoms with Gasteiger partial charge >= 0.3 is 0 Å². The van der Waals surface area contributed by atoms with Gasteiger partial charge in [0, 0.05) is 36.7 Å². The van der Waals surface area contributed by atoms with Gasteiger partial charge in [-0.15, -0.1) is 0 Å². The Morgan fingerprint density at radius 2 is 1.65 bits per heavy atom. The number of benzene rings is 3. The van der Waals surface area contributed by atoms with E-state index in [-0.39, 0.29) is 0 Å². The fourth-order valence-corrected chi connectivity index (χ4v) is 5.77. The maximum Gasteiger partial charge on any atom is 0.123 e. The lowest BCUT2D eigenvalue weighted by atomic mass is 9.78. The first-order valence-electron chi connectivity index (χ1n) is 11.5. The Hall–Kier alpha value is -2.62. The normalized spacial score (nSPS) is 24.6. The molecule has 2 aliphatic rings. The lowest BCUT2D eigenvalue weighted by Gasteiger charge is -2.39. The highest BCUT2D eigenvalue weighted by atomic mass is 16.5. The van der Waals surface area contributed by atoms with Gasteiger partial charge in [-0.3, -0.25) is 4.90 Å². The molecule has 3 heteroatoms. The predicted molar refractivity (Wildman–Crippen MR) is 127 cm³/mol. The lowest BCUT2D eigenvalue weighted by Crippen LogP contribution is -2.50. The molecule has 4 atom stereocenters. The van der Waals surface area contributed by atoms with Crippen molar-refractivity contribution in [2.75, 3.05) is 20.2 Å². The van der Waals surface area contributed by atoms with E-state index in [4.69, 9.17) is 4.74 Å². The standard InChI is InChI=1S/C28H32N2O/c1-20-13-14-25(31-2)24(17-20)18-29-27-23-15-16-30(19-23)28(27)26(21-9-5-3-6-10-21)22-11-7-4-8-12-22/h3-14,17,23,26-29H,15-16,18-19H2,1-2H3. The first-order chi connectivity index (χ1) is 15.2. The zero-order valence-electron chi connectivity index (χ0n) is 18.5. The largest absolute Gasteiger partial charge is 0.496 e. The average Bonchev–Trinajstić information content (AvgIpc) is 3.42. The summed E-state index contributed by atoms with van der Waals surface area (Å²) < 4.78 is 5.64. The molecule has 0 spiro atoms. The molecule has 2 heterocycles. The van der Waals surface area contributed by atoms with Crippen molar-refractivity contribution in [3.63, 3.8) is 0 Å². The molecular weight excluding hydrogens is 380 g/mol. The van der Waals surface area contributed by atoms with Crippen LogP contribution in [0.2, 0.25) is 0 Å². The molecular formula is C28H32N2O. The fourth-order valence-electron chi connectivity index (χ4n) is 5.77. The van der Waals surface area contributed by atoms with Crippen molar-refractivity contribution < 1.29 is 4.74 Å². The second-order valence-corrected chi connectivity index (χ2v) is 9.06. The minimum atomic E-state index is 0.365. The van der Waals surface area contributed by atoms with Crippen molar-refractivity contribution in [3.05, 3.63) is 101 Å². The summed E-state index contributed by atoms with van der Waals surface area (Å²) in [4.78, 5) is 2.72. The van der Waals surface area contributed by atoms with Crippen LogP contribution in [0.15, 0.2) is 78.9 Å². The van der Waals surface area contributed by atoms with E-state index < -0.39 is 0 Å². The third-order valence-corrected chi connectivity index (χ3v) is 7.18. The smallest absolute Gasteiger partial charge is 0.123 e. The quantitative estimate of drug-likeness (QED) is 0.591. The number of aryl methyl sites for hydroxylation is 1. The van der Waals surface area contributed by atoms with Gasteiger partial charge in [-0.1, -0.05) is 78.4 Å². The Labute approximate surface area is 186 Å². The van der Waals surface area contributed by atoms with Crippen molar-refractivity contribution in [1.29, 1.82) is 0 Å². The molecule has 4 unspecified atom stereocenters. The molecule has 2 bridgehead atoms. The van der Waals surface area contributed by atoms with Crippen LogP contribution in [0, 0.1) is 12.8 Å². The van der Waals surface area contributed by atoms with Crippen LogP contribution in [0.25, 0.3) is 0 Å². The molecule has 31 heavy (non-hydrogen) atoms. The Kier molecular flexibility index (Phi) is 5.80. The van der Waals surface area contributed by atoms with E-state index in [9.17, 15) is 0 Å². The van der Waals surface area contributed by atoms with E-state index >= 15 is 0 Å². The number of hydrogen-bond donors (Lipinski definition) is 1. The van der Waals surface area contributed by atoms with E-state index in [0.717, 1.165) is 12.3 Å². The van der Waals surface area contributed by atoms with Crippen LogP contribution < -0.4 is 10.1 Å². The van der Waals surface area contributed by atoms with E-state index in [1.807, 2.05) is 0 Å². The summed E-state index contributed by atoms with van der Waals surface area (Å²) in [5, 5.41) is 3.98. The van der Waals surface area contributed by atoms with Crippen molar-refractivity contribution >= 4 is 0 Å². The maximum atomic E-state index is 5.64. The molecule has 2 saturated heterocycles. The first kappa shape index (κ1) is 20.3. The van der Waals surface area contributed by atoms with Crippen LogP contribution in [0.5, 0.6) is 5.75 Å². The molecule has 2 aliphatic heterocycles. The molecule has 3 aromatic rings. The molecule has 0 radical (unpaired) electrons. The van der Waals surface area contributed by atoms with Crippen molar-refractivity contribution in [2.24, 2.45) is 5.92 Å². The highest BCUT2D eigenvalue weighted by Gasteiger charge is 2.49. The monoisotopic (exact) mass is 412 g/mol. The van der Waals surface area contributed by atoms with Gasteiger partial charge in [0.1, 0.15) is 5.75 Å². The summed E-state index contributed by atoms with van der Waals surface area (Å²) in [5.74, 6) is 2.04. The van der Waals surface area contributed by atoms with Gasteiger partial charge < -0.3 is 10.1 Å². The minimum absolute atomic E-state index is 0.365. The van der Waals surface area contributed by atoms with Gasteiger partial charge in [0.2, 0.25) is 0 Å². The van der Waals surface area contributed by atoms with Crippen LogP contribution in [-0.4, -0.2) is 37.2 Å². The summed E-state index contributed by atoms with van der Waals surface area (Å²) in [5.41, 5.74) is 5.34. The molecule has 1 N–H and O–H groups in total. The van der Waals surface area contributed by atoms with E-state index in [2.05, 4.69) is 96.0 Å². The van der Waals surface area contributed by atoms with Crippen LogP contribution in [0.4, 0.5) is 0 Å². The zero-order valence-corrected chi connectivity index (χ0v) is 18.5. The fraction of sp³-hybridized carbons (Fsp3) is 0.357. The number of fused-ring (bicyclic) bond motifs is 2. The van der Waals surface area contributed by atoms with Crippen LogP contribution in [0.3, 0.4) is 0 Å². The molecule has 160 valence electrons. The highest BCUT2D eigenvalue weighted by molar-refractivity contribution is 5.38. The van der Waals surface area contributed by atoms with Crippen LogP contribution in [0.1, 0.15) is 34.6 Å². The minimum Gasteiger partial charge on any atom is -0.496 e. The predicted octanol–water partition coefficient (Wildman–Crippen LogP) is 5.00. The maximum absolute atomic E-state index is 5.64. The summed E-state index contributed by atoms with van der Waals surface area (Å²) in [6.07, 6.45) is 1.29. The average molecular weight is 413 g/mol. The van der Waals surface area contributed by atoms with E-state index in [0.29, 0.717) is 23.9 Å². The van der Waals surface area contributed by atoms with Gasteiger partial charge in [0.25, 0.3) is 0 Å². The third kappa shape index (κ3) is 4.00. The van der Waals surface area contributed by atoms with Gasteiger partial charge in [-0.2, -0.15) is 0 Å². The molecule has 0 amide bonds. The zero-order chi connectivity index (χ0) is 21.2. The highest BCUT2D eigenvalue weighted by Crippen LogP contribution is 2.43. The molecule has 0 aromatic heterocycles. The Bertz CT molecular complexity index is 965. The van der Waals surface area contributed by atoms with E-state index in [1.165, 1.54) is 41.8 Å². The topological polar surface area (TPSA) is 24.5 Å². The lowest BCUT2D eigenvalue weighted by molar-refractivity contribution is 0.197. The second kappa shape index (κ2) is 8.86. The molecule has 3 nitrogen and oxygen atoms in total. The number of rotatable bonds is 7. The number of hydrogen-bond acceptors (Lipinski definition) is 3. The number of nitrogens with zero attached hydrogens (tertiary/aromatic N) is 1. The Balaban J connectivity index is 1.47. The number of ether oxygens (including phenoxy) is 1. The molecule has 3 aromatic carbocycles. The Morgan fingerprint density at radius 1 is 0.968 bits per heavy atom. The number of methoxy groups -OCH3 is 1. The van der Waals surface area contributed by atoms with Crippen molar-refractivity contribution in [1.82, 2.24) is 10.2 Å². The van der Waals surface area contributed by atoms with Gasteiger partial charge in [0.05, 0.1) is 7.11 Å². The summed E-state index contributed by atoms with van der Waals surface area (Å²) in [6.45, 7) is 5.39. The summed E-state index contributed by atoms with van der Waals surface area (Å²) in [7, 11) is 1.76. The molecule has 5 rings (SSSR count). The molecule has 0 saturated carbocycles. The third-order valence-electron chi connectivity index (χ3n) is 7.18. The van der Waals surface area contributed by atoms with E-state index in [1.54, 1.807) is 7.11 Å². The van der Waals surface area contributed by atoms with Gasteiger partial charge in [-0.05, 0) is 43.0 Å². The number of piperidine rings is 1. The number of nitrogens with one attached hydrogen (secondary N) is 1. The first-order valence-corrected chi connectivity index (χ1v) is 11.5.